The highest BCUT2D eigenvalue weighted by Crippen LogP contribution is 2.27. The van der Waals surface area contributed by atoms with Gasteiger partial charge in [0, 0.05) is 5.92 Å². The molecule has 0 aromatic carbocycles. The fourth-order valence-corrected chi connectivity index (χ4v) is 1.47. The van der Waals surface area contributed by atoms with Crippen molar-refractivity contribution in [1.82, 2.24) is 0 Å². The van der Waals surface area contributed by atoms with E-state index in [0.29, 0.717) is 19.1 Å². The van der Waals surface area contributed by atoms with E-state index in [2.05, 4.69) is 34.3 Å². The Morgan fingerprint density at radius 1 is 1.29 bits per heavy atom. The molecule has 0 aromatic heterocycles. The molecule has 0 aliphatic carbocycles. The van der Waals surface area contributed by atoms with Crippen LogP contribution in [0, 0.1) is 11.3 Å². The third kappa shape index (κ3) is 2.82. The third-order valence-electron chi connectivity index (χ3n) is 2.85. The van der Waals surface area contributed by atoms with Gasteiger partial charge in [-0.3, -0.25) is 0 Å². The molecule has 0 spiro atoms. The van der Waals surface area contributed by atoms with Crippen LogP contribution in [0.1, 0.15) is 27.7 Å². The fraction of sp³-hybridized carbons (Fsp3) is 0.833. The van der Waals surface area contributed by atoms with E-state index in [4.69, 9.17) is 9.47 Å². The Morgan fingerprint density at radius 2 is 1.93 bits per heavy atom. The molecule has 0 N–H and O–H groups in total. The lowest BCUT2D eigenvalue weighted by Crippen LogP contribution is -2.44. The summed E-state index contributed by atoms with van der Waals surface area (Å²) in [5, 5.41) is 0. The van der Waals surface area contributed by atoms with Gasteiger partial charge < -0.3 is 9.47 Å². The molecule has 1 saturated heterocycles. The first-order valence-corrected chi connectivity index (χ1v) is 5.31. The monoisotopic (exact) mass is 198 g/mol. The summed E-state index contributed by atoms with van der Waals surface area (Å²) in [4.78, 5) is 0. The zero-order valence-electron chi connectivity index (χ0n) is 9.75. The van der Waals surface area contributed by atoms with Gasteiger partial charge >= 0.3 is 0 Å². The molecule has 0 amide bonds. The highest BCUT2D eigenvalue weighted by molar-refractivity contribution is 4.86. The van der Waals surface area contributed by atoms with Crippen LogP contribution < -0.4 is 0 Å². The zero-order valence-corrected chi connectivity index (χ0v) is 9.75. The summed E-state index contributed by atoms with van der Waals surface area (Å²) >= 11 is 0. The maximum atomic E-state index is 5.81. The molecule has 1 rings (SSSR count). The van der Waals surface area contributed by atoms with E-state index in [1.54, 1.807) is 0 Å². The van der Waals surface area contributed by atoms with E-state index in [1.165, 1.54) is 0 Å². The van der Waals surface area contributed by atoms with E-state index < -0.39 is 0 Å². The van der Waals surface area contributed by atoms with Gasteiger partial charge in [-0.1, -0.05) is 33.8 Å². The molecule has 14 heavy (non-hydrogen) atoms. The average molecular weight is 198 g/mol. The summed E-state index contributed by atoms with van der Waals surface area (Å²) in [5.74, 6) is 0.371. The number of ether oxygens (including phenoxy) is 2. The molecule has 2 heteroatoms. The molecule has 3 unspecified atom stereocenters. The smallest absolute Gasteiger partial charge is 0.0869 e. The van der Waals surface area contributed by atoms with Crippen LogP contribution in [0.3, 0.4) is 0 Å². The summed E-state index contributed by atoms with van der Waals surface area (Å²) in [5.41, 5.74) is 0.169. The SMILES string of the molecule is C=CC(C)C1COC(C(C)(C)C)CO1. The molecule has 1 aliphatic rings. The van der Waals surface area contributed by atoms with Crippen LogP contribution in [0.5, 0.6) is 0 Å². The summed E-state index contributed by atoms with van der Waals surface area (Å²) in [6.07, 6.45) is 2.33. The second-order valence-corrected chi connectivity index (χ2v) is 5.15. The van der Waals surface area contributed by atoms with Crippen molar-refractivity contribution in [1.29, 1.82) is 0 Å². The lowest BCUT2D eigenvalue weighted by atomic mass is 9.88. The Morgan fingerprint density at radius 3 is 2.29 bits per heavy atom. The minimum Gasteiger partial charge on any atom is -0.373 e. The van der Waals surface area contributed by atoms with Crippen molar-refractivity contribution in [2.24, 2.45) is 11.3 Å². The first-order chi connectivity index (χ1) is 6.45. The lowest BCUT2D eigenvalue weighted by molar-refractivity contribution is -0.172. The predicted octanol–water partition coefficient (Wildman–Crippen LogP) is 2.64. The van der Waals surface area contributed by atoms with Crippen LogP contribution in [-0.4, -0.2) is 25.4 Å². The minimum absolute atomic E-state index is 0.169. The highest BCUT2D eigenvalue weighted by atomic mass is 16.6. The normalized spacial score (nSPS) is 31.1. The quantitative estimate of drug-likeness (QED) is 0.635. The van der Waals surface area contributed by atoms with Crippen molar-refractivity contribution >= 4 is 0 Å². The topological polar surface area (TPSA) is 18.5 Å². The minimum atomic E-state index is 0.169. The van der Waals surface area contributed by atoms with Crippen molar-refractivity contribution in [3.8, 4) is 0 Å². The van der Waals surface area contributed by atoms with Crippen LogP contribution in [0.25, 0.3) is 0 Å². The van der Waals surface area contributed by atoms with Gasteiger partial charge in [0.05, 0.1) is 25.4 Å². The Balaban J connectivity index is 2.42. The summed E-state index contributed by atoms with van der Waals surface area (Å²) in [6, 6.07) is 0. The molecule has 2 nitrogen and oxygen atoms in total. The molecular weight excluding hydrogens is 176 g/mol. The van der Waals surface area contributed by atoms with Gasteiger partial charge in [0.25, 0.3) is 0 Å². The first kappa shape index (κ1) is 11.7. The Kier molecular flexibility index (Phi) is 3.73. The third-order valence-corrected chi connectivity index (χ3v) is 2.85. The van der Waals surface area contributed by atoms with Gasteiger partial charge in [-0.25, -0.2) is 0 Å². The molecule has 0 saturated carbocycles. The van der Waals surface area contributed by atoms with E-state index in [1.807, 2.05) is 6.08 Å². The molecule has 3 atom stereocenters. The second-order valence-electron chi connectivity index (χ2n) is 5.15. The molecular formula is C12H22O2. The molecule has 82 valence electrons. The van der Waals surface area contributed by atoms with Crippen molar-refractivity contribution < 1.29 is 9.47 Å². The number of rotatable bonds is 2. The predicted molar refractivity (Wildman–Crippen MR) is 58.3 cm³/mol. The van der Waals surface area contributed by atoms with Crippen LogP contribution in [0.15, 0.2) is 12.7 Å². The van der Waals surface area contributed by atoms with Gasteiger partial charge in [0.1, 0.15) is 0 Å². The van der Waals surface area contributed by atoms with Gasteiger partial charge in [-0.2, -0.15) is 0 Å². The molecule has 1 fully saturated rings. The number of hydrogen-bond acceptors (Lipinski definition) is 2. The van der Waals surface area contributed by atoms with E-state index >= 15 is 0 Å². The van der Waals surface area contributed by atoms with Crippen LogP contribution in [0.2, 0.25) is 0 Å². The summed E-state index contributed by atoms with van der Waals surface area (Å²) < 4.78 is 11.6. The van der Waals surface area contributed by atoms with Gasteiger partial charge in [-0.15, -0.1) is 6.58 Å². The Labute approximate surface area is 87.3 Å². The summed E-state index contributed by atoms with van der Waals surface area (Å²) in [6.45, 7) is 13.8. The maximum absolute atomic E-state index is 5.81. The van der Waals surface area contributed by atoms with Crippen LogP contribution in [-0.2, 0) is 9.47 Å². The standard InChI is InChI=1S/C12H22O2/c1-6-9(2)10-7-14-11(8-13-10)12(3,4)5/h6,9-11H,1,7-8H2,2-5H3. The highest BCUT2D eigenvalue weighted by Gasteiger charge is 2.32. The average Bonchev–Trinajstić information content (AvgIpc) is 2.15. The van der Waals surface area contributed by atoms with E-state index in [0.717, 1.165) is 0 Å². The van der Waals surface area contributed by atoms with E-state index in [9.17, 15) is 0 Å². The Bertz CT molecular complexity index is 185. The van der Waals surface area contributed by atoms with Crippen molar-refractivity contribution in [3.05, 3.63) is 12.7 Å². The van der Waals surface area contributed by atoms with Gasteiger partial charge in [-0.05, 0) is 5.41 Å². The maximum Gasteiger partial charge on any atom is 0.0869 e. The summed E-state index contributed by atoms with van der Waals surface area (Å²) in [7, 11) is 0. The van der Waals surface area contributed by atoms with E-state index in [-0.39, 0.29) is 17.6 Å². The molecule has 0 radical (unpaired) electrons. The molecule has 1 heterocycles. The molecule has 0 aromatic rings. The Hall–Kier alpha value is -0.340. The second kappa shape index (κ2) is 4.45. The van der Waals surface area contributed by atoms with Crippen molar-refractivity contribution in [2.75, 3.05) is 13.2 Å². The van der Waals surface area contributed by atoms with Gasteiger partial charge in [0.15, 0.2) is 0 Å². The number of hydrogen-bond donors (Lipinski definition) is 0. The van der Waals surface area contributed by atoms with Crippen LogP contribution >= 0.6 is 0 Å². The van der Waals surface area contributed by atoms with Crippen molar-refractivity contribution in [3.63, 3.8) is 0 Å². The van der Waals surface area contributed by atoms with Crippen LogP contribution in [0.4, 0.5) is 0 Å². The first-order valence-electron chi connectivity index (χ1n) is 5.31. The van der Waals surface area contributed by atoms with Gasteiger partial charge in [0.2, 0.25) is 0 Å². The largest absolute Gasteiger partial charge is 0.373 e. The fourth-order valence-electron chi connectivity index (χ4n) is 1.47. The molecule has 0 bridgehead atoms. The zero-order chi connectivity index (χ0) is 10.8. The lowest BCUT2D eigenvalue weighted by Gasteiger charge is -2.38. The molecule has 1 aliphatic heterocycles. The van der Waals surface area contributed by atoms with Crippen molar-refractivity contribution in [2.45, 2.75) is 39.9 Å².